The van der Waals surface area contributed by atoms with Crippen LogP contribution < -0.4 is 5.32 Å². The van der Waals surface area contributed by atoms with E-state index in [1.54, 1.807) is 30.4 Å². The first-order valence-electron chi connectivity index (χ1n) is 7.54. The molecule has 0 heterocycles. The van der Waals surface area contributed by atoms with Gasteiger partial charge in [-0.2, -0.15) is 0 Å². The van der Waals surface area contributed by atoms with Gasteiger partial charge >= 0.3 is 0 Å². The van der Waals surface area contributed by atoms with Gasteiger partial charge in [-0.3, -0.25) is 4.79 Å². The molecule has 2 aromatic carbocycles. The van der Waals surface area contributed by atoms with Crippen LogP contribution in [0.25, 0.3) is 6.08 Å². The zero-order chi connectivity index (χ0) is 16.5. The van der Waals surface area contributed by atoms with Crippen molar-refractivity contribution >= 4 is 12.0 Å². The molecular weight excluding hydrogens is 293 g/mol. The Bertz CT molecular complexity index is 655. The number of carbonyl (C=O) groups excluding carboxylic acids is 1. The van der Waals surface area contributed by atoms with Crippen molar-refractivity contribution in [1.29, 1.82) is 0 Å². The van der Waals surface area contributed by atoms with Crippen LogP contribution in [0.4, 0.5) is 4.39 Å². The molecule has 0 aliphatic carbocycles. The molecule has 1 unspecified atom stereocenters. The Morgan fingerprint density at radius 3 is 2.52 bits per heavy atom. The normalized spacial score (nSPS) is 12.3. The largest absolute Gasteiger partial charge is 0.394 e. The minimum atomic E-state index is -0.327. The summed E-state index contributed by atoms with van der Waals surface area (Å²) in [6.07, 6.45) is 3.91. The lowest BCUT2D eigenvalue weighted by Gasteiger charge is -2.15. The summed E-state index contributed by atoms with van der Waals surface area (Å²) in [7, 11) is 0. The Kier molecular flexibility index (Phi) is 6.51. The van der Waals surface area contributed by atoms with E-state index in [9.17, 15) is 14.3 Å². The fraction of sp³-hybridized carbons (Fsp3) is 0.211. The van der Waals surface area contributed by atoms with Crippen LogP contribution in [0.5, 0.6) is 0 Å². The van der Waals surface area contributed by atoms with Gasteiger partial charge in [-0.05, 0) is 18.1 Å². The van der Waals surface area contributed by atoms with E-state index in [0.29, 0.717) is 12.0 Å². The predicted octanol–water partition coefficient (Wildman–Crippen LogP) is 2.95. The molecule has 2 aromatic rings. The molecule has 4 heteroatoms. The number of nitrogens with one attached hydrogen (secondary N) is 1. The van der Waals surface area contributed by atoms with Gasteiger partial charge in [0.2, 0.25) is 5.91 Å². The summed E-state index contributed by atoms with van der Waals surface area (Å²) in [5, 5.41) is 12.2. The van der Waals surface area contributed by atoms with Crippen molar-refractivity contribution in [3.8, 4) is 0 Å². The zero-order valence-corrected chi connectivity index (χ0v) is 12.8. The summed E-state index contributed by atoms with van der Waals surface area (Å²) in [5.74, 6) is -0.519. The topological polar surface area (TPSA) is 49.3 Å². The van der Waals surface area contributed by atoms with E-state index in [2.05, 4.69) is 5.32 Å². The molecule has 0 aliphatic rings. The first-order chi connectivity index (χ1) is 11.2. The Hall–Kier alpha value is -2.46. The number of hydrogen-bond donors (Lipinski definition) is 2. The van der Waals surface area contributed by atoms with Gasteiger partial charge in [0.15, 0.2) is 0 Å². The monoisotopic (exact) mass is 313 g/mol. The fourth-order valence-corrected chi connectivity index (χ4v) is 2.25. The lowest BCUT2D eigenvalue weighted by atomic mass is 10.1. The van der Waals surface area contributed by atoms with Crippen LogP contribution in [0, 0.1) is 5.82 Å². The third-order valence-corrected chi connectivity index (χ3v) is 3.42. The van der Waals surface area contributed by atoms with Gasteiger partial charge in [-0.25, -0.2) is 4.39 Å². The maximum absolute atomic E-state index is 13.4. The number of hydrogen-bond acceptors (Lipinski definition) is 2. The van der Waals surface area contributed by atoms with Crippen LogP contribution in [0.3, 0.4) is 0 Å². The minimum absolute atomic E-state index is 0.127. The van der Waals surface area contributed by atoms with E-state index in [1.165, 1.54) is 6.07 Å². The molecule has 1 atom stereocenters. The van der Waals surface area contributed by atoms with Gasteiger partial charge in [-0.1, -0.05) is 60.7 Å². The van der Waals surface area contributed by atoms with E-state index in [4.69, 9.17) is 0 Å². The Morgan fingerprint density at radius 1 is 1.13 bits per heavy atom. The summed E-state index contributed by atoms with van der Waals surface area (Å²) < 4.78 is 13.4. The van der Waals surface area contributed by atoms with Crippen LogP contribution in [-0.4, -0.2) is 23.7 Å². The highest BCUT2D eigenvalue weighted by Crippen LogP contribution is 2.09. The van der Waals surface area contributed by atoms with Crippen LogP contribution in [0.2, 0.25) is 0 Å². The smallest absolute Gasteiger partial charge is 0.224 e. The molecule has 0 aromatic heterocycles. The molecule has 0 saturated carbocycles. The van der Waals surface area contributed by atoms with Crippen molar-refractivity contribution in [2.75, 3.05) is 6.61 Å². The first kappa shape index (κ1) is 16.9. The number of aliphatic hydroxyl groups is 1. The minimum Gasteiger partial charge on any atom is -0.394 e. The summed E-state index contributed by atoms with van der Waals surface area (Å²) >= 11 is 0. The molecule has 1 amide bonds. The molecule has 0 fully saturated rings. The van der Waals surface area contributed by atoms with Crippen LogP contribution >= 0.6 is 0 Å². The second-order valence-electron chi connectivity index (χ2n) is 5.26. The van der Waals surface area contributed by atoms with Crippen molar-refractivity contribution in [3.05, 3.63) is 77.6 Å². The number of halogens is 1. The standard InChI is InChI=1S/C19H20FNO2/c20-18-11-5-4-9-16(18)10-6-12-19(23)21-17(14-22)13-15-7-2-1-3-8-15/h1-11,17,22H,12-14H2,(H,21,23)/b10-6+. The van der Waals surface area contributed by atoms with Gasteiger partial charge in [0.25, 0.3) is 0 Å². The molecule has 2 rings (SSSR count). The van der Waals surface area contributed by atoms with Crippen molar-refractivity contribution in [2.24, 2.45) is 0 Å². The number of aliphatic hydroxyl groups excluding tert-OH is 1. The maximum Gasteiger partial charge on any atom is 0.224 e. The molecule has 0 radical (unpaired) electrons. The summed E-state index contributed by atoms with van der Waals surface area (Å²) in [4.78, 5) is 11.9. The zero-order valence-electron chi connectivity index (χ0n) is 12.8. The molecule has 2 N–H and O–H groups in total. The average molecular weight is 313 g/mol. The maximum atomic E-state index is 13.4. The van der Waals surface area contributed by atoms with E-state index in [1.807, 2.05) is 30.3 Å². The molecule has 0 spiro atoms. The van der Waals surface area contributed by atoms with E-state index in [-0.39, 0.29) is 30.8 Å². The third-order valence-electron chi connectivity index (χ3n) is 3.42. The van der Waals surface area contributed by atoms with Crippen LogP contribution in [0.1, 0.15) is 17.5 Å². The second-order valence-corrected chi connectivity index (χ2v) is 5.26. The molecule has 0 aliphatic heterocycles. The summed E-state index contributed by atoms with van der Waals surface area (Å²) in [6.45, 7) is -0.127. The van der Waals surface area contributed by atoms with Crippen molar-refractivity contribution in [3.63, 3.8) is 0 Å². The fourth-order valence-electron chi connectivity index (χ4n) is 2.25. The predicted molar refractivity (Wildman–Crippen MR) is 89.2 cm³/mol. The number of benzene rings is 2. The highest BCUT2D eigenvalue weighted by molar-refractivity contribution is 5.78. The van der Waals surface area contributed by atoms with Gasteiger partial charge in [0.1, 0.15) is 5.82 Å². The number of amides is 1. The first-order valence-corrected chi connectivity index (χ1v) is 7.54. The highest BCUT2D eigenvalue weighted by Gasteiger charge is 2.11. The Balaban J connectivity index is 1.84. The van der Waals surface area contributed by atoms with Gasteiger partial charge in [0.05, 0.1) is 12.6 Å². The SMILES string of the molecule is O=C(C/C=C/c1ccccc1F)NC(CO)Cc1ccccc1. The summed E-state index contributed by atoms with van der Waals surface area (Å²) in [5.41, 5.74) is 1.50. The molecule has 0 saturated heterocycles. The lowest BCUT2D eigenvalue weighted by molar-refractivity contribution is -0.121. The Labute approximate surface area is 135 Å². The molecular formula is C19H20FNO2. The third kappa shape index (κ3) is 5.68. The molecule has 120 valence electrons. The quantitative estimate of drug-likeness (QED) is 0.825. The Morgan fingerprint density at radius 2 is 1.83 bits per heavy atom. The molecule has 0 bridgehead atoms. The molecule has 3 nitrogen and oxygen atoms in total. The number of rotatable bonds is 7. The van der Waals surface area contributed by atoms with E-state index < -0.39 is 0 Å². The van der Waals surface area contributed by atoms with Gasteiger partial charge < -0.3 is 10.4 Å². The van der Waals surface area contributed by atoms with Crippen molar-refractivity contribution in [1.82, 2.24) is 5.32 Å². The van der Waals surface area contributed by atoms with Crippen LogP contribution in [0.15, 0.2) is 60.7 Å². The second kappa shape index (κ2) is 8.86. The van der Waals surface area contributed by atoms with Gasteiger partial charge in [-0.15, -0.1) is 0 Å². The van der Waals surface area contributed by atoms with Crippen LogP contribution in [-0.2, 0) is 11.2 Å². The van der Waals surface area contributed by atoms with E-state index in [0.717, 1.165) is 5.56 Å². The molecule has 23 heavy (non-hydrogen) atoms. The number of carbonyl (C=O) groups is 1. The van der Waals surface area contributed by atoms with E-state index >= 15 is 0 Å². The lowest BCUT2D eigenvalue weighted by Crippen LogP contribution is -2.38. The van der Waals surface area contributed by atoms with Gasteiger partial charge in [0, 0.05) is 12.0 Å². The van der Waals surface area contributed by atoms with Crippen molar-refractivity contribution in [2.45, 2.75) is 18.9 Å². The highest BCUT2D eigenvalue weighted by atomic mass is 19.1. The average Bonchev–Trinajstić information content (AvgIpc) is 2.57. The van der Waals surface area contributed by atoms with Crippen molar-refractivity contribution < 1.29 is 14.3 Å². The summed E-state index contributed by atoms with van der Waals surface area (Å²) in [6, 6.07) is 15.7.